The number of carbonyl (C=O) groups excluding carboxylic acids is 1. The fourth-order valence-corrected chi connectivity index (χ4v) is 3.44. The Kier molecular flexibility index (Phi) is 3.37. The van der Waals surface area contributed by atoms with Crippen molar-refractivity contribution in [2.75, 3.05) is 5.32 Å². The number of carboxylic acids is 1. The molecule has 1 saturated heterocycles. The van der Waals surface area contributed by atoms with Crippen LogP contribution in [-0.4, -0.2) is 28.7 Å². The summed E-state index contributed by atoms with van der Waals surface area (Å²) in [4.78, 5) is 24.0. The maximum absolute atomic E-state index is 12.6. The summed E-state index contributed by atoms with van der Waals surface area (Å²) < 4.78 is 6.42. The highest BCUT2D eigenvalue weighted by Crippen LogP contribution is 2.47. The lowest BCUT2D eigenvalue weighted by molar-refractivity contribution is -0.146. The van der Waals surface area contributed by atoms with Gasteiger partial charge in [0.1, 0.15) is 5.92 Å². The third-order valence-corrected chi connectivity index (χ3v) is 4.73. The number of anilines is 1. The van der Waals surface area contributed by atoms with Crippen molar-refractivity contribution in [3.8, 4) is 0 Å². The van der Waals surface area contributed by atoms with Gasteiger partial charge in [-0.2, -0.15) is 0 Å². The molecule has 4 atom stereocenters. The van der Waals surface area contributed by atoms with Crippen molar-refractivity contribution in [3.63, 3.8) is 0 Å². The van der Waals surface area contributed by atoms with E-state index in [-0.39, 0.29) is 5.91 Å². The van der Waals surface area contributed by atoms with Crippen LogP contribution in [-0.2, 0) is 14.3 Å². The molecule has 110 valence electrons. The van der Waals surface area contributed by atoms with Crippen molar-refractivity contribution in [1.82, 2.24) is 0 Å². The van der Waals surface area contributed by atoms with E-state index in [9.17, 15) is 14.7 Å². The van der Waals surface area contributed by atoms with Gasteiger partial charge in [-0.25, -0.2) is 0 Å². The highest BCUT2D eigenvalue weighted by molar-refractivity contribution is 9.10. The Hall–Kier alpha value is -1.66. The van der Waals surface area contributed by atoms with Gasteiger partial charge in [-0.1, -0.05) is 24.3 Å². The minimum absolute atomic E-state index is 0.344. The molecule has 6 heteroatoms. The molecule has 1 aromatic carbocycles. The minimum atomic E-state index is -1.01. The van der Waals surface area contributed by atoms with Crippen LogP contribution < -0.4 is 5.32 Å². The van der Waals surface area contributed by atoms with Crippen molar-refractivity contribution < 1.29 is 19.4 Å². The normalized spacial score (nSPS) is 33.1. The molecule has 0 saturated carbocycles. The van der Waals surface area contributed by atoms with E-state index in [4.69, 9.17) is 4.74 Å². The predicted octanol–water partition coefficient (Wildman–Crippen LogP) is 2.43. The predicted molar refractivity (Wildman–Crippen MR) is 79.8 cm³/mol. The topological polar surface area (TPSA) is 75.6 Å². The van der Waals surface area contributed by atoms with E-state index in [1.165, 1.54) is 0 Å². The second-order valence-corrected chi connectivity index (χ2v) is 6.29. The largest absolute Gasteiger partial charge is 0.481 e. The number of amides is 1. The van der Waals surface area contributed by atoms with Crippen molar-refractivity contribution in [2.24, 2.45) is 11.8 Å². The lowest BCUT2D eigenvalue weighted by Gasteiger charge is -2.28. The molecule has 3 rings (SSSR count). The van der Waals surface area contributed by atoms with Crippen LogP contribution >= 0.6 is 15.9 Å². The summed E-state index contributed by atoms with van der Waals surface area (Å²) in [5.41, 5.74) is -0.249. The van der Waals surface area contributed by atoms with E-state index in [1.54, 1.807) is 31.2 Å². The summed E-state index contributed by atoms with van der Waals surface area (Å²) in [5.74, 6) is -2.97. The lowest BCUT2D eigenvalue weighted by atomic mass is 9.75. The first kappa shape index (κ1) is 14.3. The molecule has 21 heavy (non-hydrogen) atoms. The molecule has 0 aliphatic carbocycles. The number of hydrogen-bond acceptors (Lipinski definition) is 3. The van der Waals surface area contributed by atoms with Crippen molar-refractivity contribution in [1.29, 1.82) is 0 Å². The number of benzene rings is 1. The van der Waals surface area contributed by atoms with Crippen LogP contribution in [0.3, 0.4) is 0 Å². The first-order chi connectivity index (χ1) is 9.92. The average molecular weight is 352 g/mol. The molecule has 1 fully saturated rings. The lowest BCUT2D eigenvalue weighted by Crippen LogP contribution is -2.44. The number of carboxylic acid groups (broad SMARTS) is 1. The fraction of sp³-hybridized carbons (Fsp3) is 0.333. The SMILES string of the molecule is CC12C=CC(O1)C(C(=O)O)C2C(=O)Nc1ccccc1Br. The zero-order chi connectivity index (χ0) is 15.2. The summed E-state index contributed by atoms with van der Waals surface area (Å²) in [7, 11) is 0. The average Bonchev–Trinajstić information content (AvgIpc) is 2.94. The van der Waals surface area contributed by atoms with Gasteiger partial charge in [-0.05, 0) is 35.0 Å². The molecule has 2 aliphatic heterocycles. The fourth-order valence-electron chi connectivity index (χ4n) is 3.05. The van der Waals surface area contributed by atoms with Crippen molar-refractivity contribution >= 4 is 33.5 Å². The highest BCUT2D eigenvalue weighted by atomic mass is 79.9. The monoisotopic (exact) mass is 351 g/mol. The smallest absolute Gasteiger partial charge is 0.310 e. The Labute approximate surface area is 130 Å². The molecule has 1 aromatic rings. The number of aliphatic carboxylic acids is 1. The summed E-state index contributed by atoms with van der Waals surface area (Å²) in [6.45, 7) is 1.75. The van der Waals surface area contributed by atoms with Gasteiger partial charge in [0.25, 0.3) is 0 Å². The molecule has 2 heterocycles. The number of rotatable bonds is 3. The van der Waals surface area contributed by atoms with Crippen molar-refractivity contribution in [3.05, 3.63) is 40.9 Å². The van der Waals surface area contributed by atoms with E-state index >= 15 is 0 Å². The Bertz CT molecular complexity index is 644. The molecular weight excluding hydrogens is 338 g/mol. The molecule has 5 nitrogen and oxygen atoms in total. The second-order valence-electron chi connectivity index (χ2n) is 5.44. The van der Waals surface area contributed by atoms with Gasteiger partial charge in [0.2, 0.25) is 5.91 Å². The number of halogens is 1. The van der Waals surface area contributed by atoms with Crippen LogP contribution in [0, 0.1) is 11.8 Å². The minimum Gasteiger partial charge on any atom is -0.481 e. The molecule has 2 bridgehead atoms. The van der Waals surface area contributed by atoms with E-state index < -0.39 is 29.5 Å². The Morgan fingerprint density at radius 3 is 2.76 bits per heavy atom. The summed E-state index contributed by atoms with van der Waals surface area (Å²) in [6.07, 6.45) is 2.96. The molecule has 0 radical (unpaired) electrons. The maximum Gasteiger partial charge on any atom is 0.310 e. The maximum atomic E-state index is 12.6. The summed E-state index contributed by atoms with van der Waals surface area (Å²) in [6, 6.07) is 7.20. The molecule has 0 spiro atoms. The van der Waals surface area contributed by atoms with Gasteiger partial charge in [-0.3, -0.25) is 9.59 Å². The number of carbonyl (C=O) groups is 2. The summed E-state index contributed by atoms with van der Waals surface area (Å²) in [5, 5.41) is 12.2. The van der Waals surface area contributed by atoms with Crippen LogP contribution in [0.2, 0.25) is 0 Å². The third kappa shape index (κ3) is 2.28. The van der Waals surface area contributed by atoms with E-state index in [2.05, 4.69) is 21.2 Å². The molecule has 2 aliphatic rings. The summed E-state index contributed by atoms with van der Waals surface area (Å²) >= 11 is 3.36. The Balaban J connectivity index is 1.88. The zero-order valence-electron chi connectivity index (χ0n) is 11.2. The zero-order valence-corrected chi connectivity index (χ0v) is 12.8. The number of hydrogen-bond donors (Lipinski definition) is 2. The van der Waals surface area contributed by atoms with Crippen LogP contribution in [0.4, 0.5) is 5.69 Å². The number of nitrogens with one attached hydrogen (secondary N) is 1. The number of fused-ring (bicyclic) bond motifs is 2. The van der Waals surface area contributed by atoms with E-state index in [1.807, 2.05) is 12.1 Å². The standard InChI is InChI=1S/C15H14BrNO4/c1-15-7-6-10(21-15)11(14(19)20)12(15)13(18)17-9-5-3-2-4-8(9)16/h2-7,10-12H,1H3,(H,17,18)(H,19,20). The molecule has 0 aromatic heterocycles. The van der Waals surface area contributed by atoms with Gasteiger partial charge >= 0.3 is 5.97 Å². The van der Waals surface area contributed by atoms with Crippen LogP contribution in [0.25, 0.3) is 0 Å². The second kappa shape index (κ2) is 4.96. The quantitative estimate of drug-likeness (QED) is 0.820. The Morgan fingerprint density at radius 1 is 1.38 bits per heavy atom. The van der Waals surface area contributed by atoms with Gasteiger partial charge in [0, 0.05) is 4.47 Å². The number of ether oxygens (including phenoxy) is 1. The molecular formula is C15H14BrNO4. The van der Waals surface area contributed by atoms with E-state index in [0.29, 0.717) is 5.69 Å². The van der Waals surface area contributed by atoms with E-state index in [0.717, 1.165) is 4.47 Å². The number of para-hydroxylation sites is 1. The first-order valence-corrected chi connectivity index (χ1v) is 7.37. The Morgan fingerprint density at radius 2 is 2.10 bits per heavy atom. The molecule has 4 unspecified atom stereocenters. The van der Waals surface area contributed by atoms with Crippen molar-refractivity contribution in [2.45, 2.75) is 18.6 Å². The van der Waals surface area contributed by atoms with Crippen LogP contribution in [0.1, 0.15) is 6.92 Å². The first-order valence-electron chi connectivity index (χ1n) is 6.58. The molecule has 2 N–H and O–H groups in total. The highest BCUT2D eigenvalue weighted by Gasteiger charge is 2.59. The van der Waals surface area contributed by atoms with Gasteiger partial charge in [-0.15, -0.1) is 0 Å². The third-order valence-electron chi connectivity index (χ3n) is 4.04. The van der Waals surface area contributed by atoms with Crippen LogP contribution in [0.5, 0.6) is 0 Å². The van der Waals surface area contributed by atoms with Gasteiger partial charge in [0.05, 0.1) is 23.3 Å². The van der Waals surface area contributed by atoms with Crippen LogP contribution in [0.15, 0.2) is 40.9 Å². The molecule has 1 amide bonds. The van der Waals surface area contributed by atoms with Gasteiger partial charge < -0.3 is 15.2 Å². The van der Waals surface area contributed by atoms with Gasteiger partial charge in [0.15, 0.2) is 0 Å².